The van der Waals surface area contributed by atoms with Crippen LogP contribution < -0.4 is 0 Å². The summed E-state index contributed by atoms with van der Waals surface area (Å²) in [4.78, 5) is 14.5. The molecule has 0 bridgehead atoms. The summed E-state index contributed by atoms with van der Waals surface area (Å²) in [6.45, 7) is 0. The Morgan fingerprint density at radius 1 is 1.83 bits per heavy atom. The quantitative estimate of drug-likeness (QED) is 0.769. The first-order valence-corrected chi connectivity index (χ1v) is 4.35. The number of aliphatic hydroxyl groups excluding tert-OH is 1. The highest BCUT2D eigenvalue weighted by Crippen LogP contribution is 2.19. The molecule has 0 saturated heterocycles. The molecule has 2 N–H and O–H groups in total. The van der Waals surface area contributed by atoms with Gasteiger partial charge in [-0.05, 0) is 0 Å². The Morgan fingerprint density at radius 2 is 2.50 bits per heavy atom. The Kier molecular flexibility index (Phi) is 3.02. The van der Waals surface area contributed by atoms with Gasteiger partial charge in [-0.3, -0.25) is 0 Å². The Labute approximate surface area is 77.4 Å². The SMILES string of the molecule is O=C(O)C(O)Cc1scnc1Cl. The second-order valence-electron chi connectivity index (χ2n) is 2.12. The van der Waals surface area contributed by atoms with Gasteiger partial charge in [0.15, 0.2) is 6.10 Å². The van der Waals surface area contributed by atoms with Crippen molar-refractivity contribution in [1.82, 2.24) is 4.98 Å². The predicted octanol–water partition coefficient (Wildman–Crippen LogP) is 0.784. The third-order valence-corrected chi connectivity index (χ3v) is 2.55. The zero-order valence-electron chi connectivity index (χ0n) is 5.90. The zero-order valence-corrected chi connectivity index (χ0v) is 7.47. The van der Waals surface area contributed by atoms with Gasteiger partial charge in [0, 0.05) is 11.3 Å². The molecule has 1 unspecified atom stereocenters. The molecule has 0 saturated carbocycles. The van der Waals surface area contributed by atoms with Crippen LogP contribution >= 0.6 is 22.9 Å². The number of thiazole rings is 1. The van der Waals surface area contributed by atoms with E-state index in [1.807, 2.05) is 0 Å². The number of nitrogens with zero attached hydrogens (tertiary/aromatic N) is 1. The van der Waals surface area contributed by atoms with E-state index < -0.39 is 12.1 Å². The summed E-state index contributed by atoms with van der Waals surface area (Å²) in [6, 6.07) is 0. The lowest BCUT2D eigenvalue weighted by molar-refractivity contribution is -0.146. The molecule has 0 aliphatic heterocycles. The molecule has 0 aromatic carbocycles. The van der Waals surface area contributed by atoms with Crippen molar-refractivity contribution in [1.29, 1.82) is 0 Å². The lowest BCUT2D eigenvalue weighted by atomic mass is 10.2. The lowest BCUT2D eigenvalue weighted by Gasteiger charge is -2.01. The van der Waals surface area contributed by atoms with Crippen LogP contribution in [0.25, 0.3) is 0 Å². The highest BCUT2D eigenvalue weighted by atomic mass is 35.5. The molecule has 12 heavy (non-hydrogen) atoms. The van der Waals surface area contributed by atoms with Gasteiger partial charge in [0.05, 0.1) is 5.51 Å². The highest BCUT2D eigenvalue weighted by molar-refractivity contribution is 7.10. The number of halogens is 1. The number of carboxylic acid groups (broad SMARTS) is 1. The molecule has 0 radical (unpaired) electrons. The van der Waals surface area contributed by atoms with Crippen LogP contribution in [-0.4, -0.2) is 27.3 Å². The second-order valence-corrected chi connectivity index (χ2v) is 3.42. The lowest BCUT2D eigenvalue weighted by Crippen LogP contribution is -2.21. The number of hydrogen-bond acceptors (Lipinski definition) is 4. The standard InChI is InChI=1S/C6H6ClNO3S/c7-5-4(12-2-8-5)1-3(9)6(10)11/h2-3,9H,1H2,(H,10,11). The summed E-state index contributed by atoms with van der Waals surface area (Å²) < 4.78 is 0. The molecule has 1 aromatic rings. The van der Waals surface area contributed by atoms with Crippen molar-refractivity contribution in [3.63, 3.8) is 0 Å². The van der Waals surface area contributed by atoms with Crippen molar-refractivity contribution in [3.05, 3.63) is 15.5 Å². The van der Waals surface area contributed by atoms with Gasteiger partial charge in [0.2, 0.25) is 0 Å². The van der Waals surface area contributed by atoms with E-state index in [0.29, 0.717) is 4.88 Å². The van der Waals surface area contributed by atoms with E-state index in [9.17, 15) is 4.79 Å². The predicted molar refractivity (Wildman–Crippen MR) is 44.5 cm³/mol. The van der Waals surface area contributed by atoms with Crippen LogP contribution in [0.2, 0.25) is 5.15 Å². The van der Waals surface area contributed by atoms with Gasteiger partial charge in [0.1, 0.15) is 5.15 Å². The molecule has 1 heterocycles. The van der Waals surface area contributed by atoms with Crippen molar-refractivity contribution in [2.75, 3.05) is 0 Å². The van der Waals surface area contributed by atoms with E-state index in [1.165, 1.54) is 16.8 Å². The summed E-state index contributed by atoms with van der Waals surface area (Å²) in [5.74, 6) is -1.25. The smallest absolute Gasteiger partial charge is 0.332 e. The number of rotatable bonds is 3. The monoisotopic (exact) mass is 207 g/mol. The zero-order chi connectivity index (χ0) is 9.14. The Morgan fingerprint density at radius 3 is 2.92 bits per heavy atom. The summed E-state index contributed by atoms with van der Waals surface area (Å²) >= 11 is 6.81. The van der Waals surface area contributed by atoms with Gasteiger partial charge in [-0.25, -0.2) is 9.78 Å². The summed E-state index contributed by atoms with van der Waals surface area (Å²) in [5, 5.41) is 17.6. The third-order valence-electron chi connectivity index (χ3n) is 1.25. The fourth-order valence-corrected chi connectivity index (χ4v) is 1.66. The molecule has 0 spiro atoms. The number of aliphatic hydroxyl groups is 1. The number of aromatic nitrogens is 1. The van der Waals surface area contributed by atoms with Gasteiger partial charge in [-0.15, -0.1) is 11.3 Å². The van der Waals surface area contributed by atoms with Gasteiger partial charge in [-0.2, -0.15) is 0 Å². The molecule has 0 fully saturated rings. The number of carboxylic acids is 1. The van der Waals surface area contributed by atoms with E-state index in [0.717, 1.165) is 0 Å². The summed E-state index contributed by atoms with van der Waals surface area (Å²) in [5.41, 5.74) is 1.51. The molecule has 0 amide bonds. The minimum Gasteiger partial charge on any atom is -0.479 e. The summed E-state index contributed by atoms with van der Waals surface area (Å²) in [6.07, 6.45) is -1.39. The first-order valence-electron chi connectivity index (χ1n) is 3.10. The Balaban J connectivity index is 2.64. The maximum atomic E-state index is 10.2. The highest BCUT2D eigenvalue weighted by Gasteiger charge is 2.16. The second kappa shape index (κ2) is 3.84. The Hall–Kier alpha value is -0.650. The minimum absolute atomic E-state index is 0.0127. The van der Waals surface area contributed by atoms with Gasteiger partial charge >= 0.3 is 5.97 Å². The molecule has 4 nitrogen and oxygen atoms in total. The van der Waals surface area contributed by atoms with Gasteiger partial charge in [0.25, 0.3) is 0 Å². The van der Waals surface area contributed by atoms with E-state index in [1.54, 1.807) is 0 Å². The van der Waals surface area contributed by atoms with E-state index in [2.05, 4.69) is 4.98 Å². The molecule has 6 heteroatoms. The van der Waals surface area contributed by atoms with E-state index in [4.69, 9.17) is 21.8 Å². The molecule has 66 valence electrons. The van der Waals surface area contributed by atoms with Crippen molar-refractivity contribution >= 4 is 28.9 Å². The summed E-state index contributed by atoms with van der Waals surface area (Å²) in [7, 11) is 0. The average Bonchev–Trinajstić information content (AvgIpc) is 2.36. The first-order chi connectivity index (χ1) is 5.61. The number of carbonyl (C=O) groups is 1. The van der Waals surface area contributed by atoms with Crippen LogP contribution in [0, 0.1) is 0 Å². The van der Waals surface area contributed by atoms with Crippen LogP contribution in [0.5, 0.6) is 0 Å². The fraction of sp³-hybridized carbons (Fsp3) is 0.333. The van der Waals surface area contributed by atoms with Crippen LogP contribution in [0.1, 0.15) is 4.88 Å². The fourth-order valence-electron chi connectivity index (χ4n) is 0.652. The van der Waals surface area contributed by atoms with Crippen molar-refractivity contribution in [2.24, 2.45) is 0 Å². The number of aliphatic carboxylic acids is 1. The van der Waals surface area contributed by atoms with Crippen molar-refractivity contribution in [3.8, 4) is 0 Å². The van der Waals surface area contributed by atoms with Crippen LogP contribution in [-0.2, 0) is 11.2 Å². The topological polar surface area (TPSA) is 70.4 Å². The molecular weight excluding hydrogens is 202 g/mol. The molecule has 0 aliphatic carbocycles. The van der Waals surface area contributed by atoms with Crippen LogP contribution in [0.3, 0.4) is 0 Å². The largest absolute Gasteiger partial charge is 0.479 e. The van der Waals surface area contributed by atoms with E-state index >= 15 is 0 Å². The molecular formula is C6H6ClNO3S. The molecule has 0 aliphatic rings. The Bertz CT molecular complexity index is 288. The third kappa shape index (κ3) is 2.17. The molecule has 1 atom stereocenters. The first kappa shape index (κ1) is 9.44. The average molecular weight is 208 g/mol. The normalized spacial score (nSPS) is 12.8. The van der Waals surface area contributed by atoms with Gasteiger partial charge < -0.3 is 10.2 Å². The van der Waals surface area contributed by atoms with Crippen molar-refractivity contribution in [2.45, 2.75) is 12.5 Å². The maximum absolute atomic E-state index is 10.2. The van der Waals surface area contributed by atoms with Crippen LogP contribution in [0.4, 0.5) is 0 Å². The van der Waals surface area contributed by atoms with Crippen LogP contribution in [0.15, 0.2) is 5.51 Å². The minimum atomic E-state index is -1.40. The number of hydrogen-bond donors (Lipinski definition) is 2. The maximum Gasteiger partial charge on any atom is 0.332 e. The molecule has 1 aromatic heterocycles. The van der Waals surface area contributed by atoms with Crippen molar-refractivity contribution < 1.29 is 15.0 Å². The molecule has 1 rings (SSSR count). The van der Waals surface area contributed by atoms with Gasteiger partial charge in [-0.1, -0.05) is 11.6 Å². The van der Waals surface area contributed by atoms with E-state index in [-0.39, 0.29) is 11.6 Å².